The molecule has 1 saturated heterocycles. The van der Waals surface area contributed by atoms with Crippen molar-refractivity contribution in [2.24, 2.45) is 0 Å². The minimum Gasteiger partial charge on any atom is -0.494 e. The number of hydrogen-bond donors (Lipinski definition) is 1. The van der Waals surface area contributed by atoms with Crippen LogP contribution in [0.15, 0.2) is 54.6 Å². The summed E-state index contributed by atoms with van der Waals surface area (Å²) in [6.07, 6.45) is 3.48. The number of piperidine rings is 1. The van der Waals surface area contributed by atoms with Crippen molar-refractivity contribution in [2.75, 3.05) is 32.1 Å². The standard InChI is InChI=1S/C24H28N4O/c1-29-22-12-6-5-11-21(22)28-24-20(13-14-25-24)23(26-28)19-10-7-15-27(17-19)16-18-8-3-2-4-9-18/h2-6,8-9,11-12,19,25H,7,10,13-17H2,1H3. The van der Waals surface area contributed by atoms with Gasteiger partial charge in [0.15, 0.2) is 0 Å². The summed E-state index contributed by atoms with van der Waals surface area (Å²) in [7, 11) is 1.72. The van der Waals surface area contributed by atoms with Crippen molar-refractivity contribution < 1.29 is 4.74 Å². The molecule has 1 fully saturated rings. The summed E-state index contributed by atoms with van der Waals surface area (Å²) in [5, 5.41) is 8.68. The van der Waals surface area contributed by atoms with E-state index in [1.165, 1.54) is 36.2 Å². The number of aromatic nitrogens is 2. The monoisotopic (exact) mass is 388 g/mol. The summed E-state index contributed by atoms with van der Waals surface area (Å²) >= 11 is 0. The van der Waals surface area contributed by atoms with E-state index < -0.39 is 0 Å². The Bertz CT molecular complexity index is 982. The number of para-hydroxylation sites is 2. The zero-order valence-electron chi connectivity index (χ0n) is 17.0. The van der Waals surface area contributed by atoms with Crippen molar-refractivity contribution in [1.82, 2.24) is 14.7 Å². The minimum atomic E-state index is 0.483. The van der Waals surface area contributed by atoms with Crippen molar-refractivity contribution in [3.8, 4) is 11.4 Å². The predicted molar refractivity (Wildman–Crippen MR) is 116 cm³/mol. The molecule has 1 aromatic heterocycles. The van der Waals surface area contributed by atoms with Crippen LogP contribution < -0.4 is 10.1 Å². The molecule has 2 aliphatic rings. The molecule has 0 amide bonds. The number of nitrogens with zero attached hydrogens (tertiary/aromatic N) is 3. The van der Waals surface area contributed by atoms with Gasteiger partial charge < -0.3 is 10.1 Å². The zero-order chi connectivity index (χ0) is 19.6. The summed E-state index contributed by atoms with van der Waals surface area (Å²) in [5.74, 6) is 2.48. The van der Waals surface area contributed by atoms with E-state index in [4.69, 9.17) is 9.84 Å². The molecule has 1 atom stereocenters. The predicted octanol–water partition coefficient (Wildman–Crippen LogP) is 4.23. The van der Waals surface area contributed by atoms with Crippen LogP contribution in [0.1, 0.15) is 35.6 Å². The van der Waals surface area contributed by atoms with Crippen molar-refractivity contribution in [1.29, 1.82) is 0 Å². The Labute approximate surface area is 172 Å². The molecule has 0 aliphatic carbocycles. The second kappa shape index (κ2) is 7.91. The Kier molecular flexibility index (Phi) is 4.98. The van der Waals surface area contributed by atoms with Gasteiger partial charge in [-0.3, -0.25) is 4.90 Å². The van der Waals surface area contributed by atoms with Crippen molar-refractivity contribution in [2.45, 2.75) is 31.7 Å². The average Bonchev–Trinajstić information content (AvgIpc) is 3.37. The highest BCUT2D eigenvalue weighted by molar-refractivity contribution is 5.60. The Hall–Kier alpha value is -2.79. The van der Waals surface area contributed by atoms with Crippen LogP contribution in [0, 0.1) is 0 Å². The number of hydrogen-bond acceptors (Lipinski definition) is 4. The maximum atomic E-state index is 5.60. The lowest BCUT2D eigenvalue weighted by atomic mass is 9.91. The second-order valence-corrected chi connectivity index (χ2v) is 8.03. The van der Waals surface area contributed by atoms with Crippen LogP contribution in [0.25, 0.3) is 5.69 Å². The number of rotatable bonds is 5. The van der Waals surface area contributed by atoms with Crippen LogP contribution in [0.4, 0.5) is 5.82 Å². The number of methoxy groups -OCH3 is 1. The molecule has 5 rings (SSSR count). The average molecular weight is 389 g/mol. The van der Waals surface area contributed by atoms with Gasteiger partial charge in [0.2, 0.25) is 0 Å². The first kappa shape index (κ1) is 18.3. The van der Waals surface area contributed by atoms with Gasteiger partial charge in [0, 0.05) is 31.1 Å². The van der Waals surface area contributed by atoms with Gasteiger partial charge in [-0.05, 0) is 43.5 Å². The minimum absolute atomic E-state index is 0.483. The first-order chi connectivity index (χ1) is 14.3. The van der Waals surface area contributed by atoms with Crippen LogP contribution in [-0.2, 0) is 13.0 Å². The van der Waals surface area contributed by atoms with E-state index in [2.05, 4.69) is 51.3 Å². The molecular formula is C24H28N4O. The molecule has 0 saturated carbocycles. The normalized spacial score (nSPS) is 19.0. The lowest BCUT2D eigenvalue weighted by Gasteiger charge is -2.32. The van der Waals surface area contributed by atoms with Crippen LogP contribution in [0.2, 0.25) is 0 Å². The van der Waals surface area contributed by atoms with Gasteiger partial charge in [-0.2, -0.15) is 5.10 Å². The van der Waals surface area contributed by atoms with Gasteiger partial charge >= 0.3 is 0 Å². The zero-order valence-corrected chi connectivity index (χ0v) is 17.0. The van der Waals surface area contributed by atoms with E-state index >= 15 is 0 Å². The molecule has 29 heavy (non-hydrogen) atoms. The first-order valence-electron chi connectivity index (χ1n) is 10.6. The molecule has 1 unspecified atom stereocenters. The van der Waals surface area contributed by atoms with Gasteiger partial charge in [0.1, 0.15) is 17.3 Å². The second-order valence-electron chi connectivity index (χ2n) is 8.03. The highest BCUT2D eigenvalue weighted by Gasteiger charge is 2.31. The number of anilines is 1. The number of fused-ring (bicyclic) bond motifs is 1. The largest absolute Gasteiger partial charge is 0.494 e. The summed E-state index contributed by atoms with van der Waals surface area (Å²) < 4.78 is 7.66. The smallest absolute Gasteiger partial charge is 0.144 e. The van der Waals surface area contributed by atoms with Gasteiger partial charge in [0.25, 0.3) is 0 Å². The molecule has 0 bridgehead atoms. The number of nitrogens with one attached hydrogen (secondary N) is 1. The molecule has 0 spiro atoms. The Morgan fingerprint density at radius 3 is 2.79 bits per heavy atom. The van der Waals surface area contributed by atoms with E-state index in [-0.39, 0.29) is 0 Å². The fourth-order valence-corrected chi connectivity index (χ4v) is 4.77. The fraction of sp³-hybridized carbons (Fsp3) is 0.375. The molecule has 150 valence electrons. The summed E-state index contributed by atoms with van der Waals surface area (Å²) in [5.41, 5.74) is 5.06. The van der Waals surface area contributed by atoms with E-state index in [0.717, 1.165) is 43.3 Å². The highest BCUT2D eigenvalue weighted by Crippen LogP contribution is 2.38. The van der Waals surface area contributed by atoms with E-state index in [0.29, 0.717) is 5.92 Å². The molecule has 2 aliphatic heterocycles. The number of benzene rings is 2. The van der Waals surface area contributed by atoms with Gasteiger partial charge in [-0.25, -0.2) is 4.68 Å². The third kappa shape index (κ3) is 3.51. The topological polar surface area (TPSA) is 42.3 Å². The SMILES string of the molecule is COc1ccccc1-n1nc(C2CCCN(Cc3ccccc3)C2)c2c1NCC2. The van der Waals surface area contributed by atoms with Gasteiger partial charge in [-0.1, -0.05) is 42.5 Å². The van der Waals surface area contributed by atoms with Crippen molar-refractivity contribution in [3.05, 3.63) is 71.4 Å². The number of likely N-dealkylation sites (tertiary alicyclic amines) is 1. The third-order valence-corrected chi connectivity index (χ3v) is 6.14. The molecule has 5 heteroatoms. The van der Waals surface area contributed by atoms with Crippen LogP contribution in [0.3, 0.4) is 0 Å². The van der Waals surface area contributed by atoms with E-state index in [9.17, 15) is 0 Å². The molecule has 3 aromatic rings. The quantitative estimate of drug-likeness (QED) is 0.710. The third-order valence-electron chi connectivity index (χ3n) is 6.14. The number of ether oxygens (including phenoxy) is 1. The maximum absolute atomic E-state index is 5.60. The Balaban J connectivity index is 1.44. The van der Waals surface area contributed by atoms with Gasteiger partial charge in [-0.15, -0.1) is 0 Å². The fourth-order valence-electron chi connectivity index (χ4n) is 4.77. The molecular weight excluding hydrogens is 360 g/mol. The molecule has 0 radical (unpaired) electrons. The Morgan fingerprint density at radius 1 is 1.10 bits per heavy atom. The van der Waals surface area contributed by atoms with Crippen molar-refractivity contribution in [3.63, 3.8) is 0 Å². The van der Waals surface area contributed by atoms with Gasteiger partial charge in [0.05, 0.1) is 12.8 Å². The maximum Gasteiger partial charge on any atom is 0.144 e. The Morgan fingerprint density at radius 2 is 1.93 bits per heavy atom. The van der Waals surface area contributed by atoms with Crippen molar-refractivity contribution >= 4 is 5.82 Å². The molecule has 1 N–H and O–H groups in total. The molecule has 5 nitrogen and oxygen atoms in total. The molecule has 2 aromatic carbocycles. The van der Waals surface area contributed by atoms with Crippen LogP contribution >= 0.6 is 0 Å². The van der Waals surface area contributed by atoms with Crippen LogP contribution in [-0.4, -0.2) is 41.4 Å². The summed E-state index contributed by atoms with van der Waals surface area (Å²) in [6, 6.07) is 18.9. The molecule has 3 heterocycles. The first-order valence-corrected chi connectivity index (χ1v) is 10.6. The highest BCUT2D eigenvalue weighted by atomic mass is 16.5. The van der Waals surface area contributed by atoms with E-state index in [1.54, 1.807) is 7.11 Å². The lowest BCUT2D eigenvalue weighted by molar-refractivity contribution is 0.198. The van der Waals surface area contributed by atoms with Crippen LogP contribution in [0.5, 0.6) is 5.75 Å². The lowest BCUT2D eigenvalue weighted by Crippen LogP contribution is -2.34. The van der Waals surface area contributed by atoms with E-state index in [1.807, 2.05) is 18.2 Å². The summed E-state index contributed by atoms with van der Waals surface area (Å²) in [4.78, 5) is 2.58. The summed E-state index contributed by atoms with van der Waals surface area (Å²) in [6.45, 7) is 4.24.